The molecular weight excluding hydrogens is 344 g/mol. The van der Waals surface area contributed by atoms with Crippen molar-refractivity contribution in [3.8, 4) is 5.75 Å². The summed E-state index contributed by atoms with van der Waals surface area (Å²) in [6, 6.07) is 6.05. The zero-order chi connectivity index (χ0) is 15.4. The molecule has 110 valence electrons. The Morgan fingerprint density at radius 3 is 2.86 bits per heavy atom. The van der Waals surface area contributed by atoms with E-state index in [1.165, 1.54) is 22.9 Å². The fourth-order valence-electron chi connectivity index (χ4n) is 1.63. The molecule has 1 heterocycles. The molecule has 0 saturated carbocycles. The van der Waals surface area contributed by atoms with Gasteiger partial charge >= 0.3 is 11.7 Å². The molecule has 2 N–H and O–H groups in total. The van der Waals surface area contributed by atoms with E-state index in [1.807, 2.05) is 0 Å². The van der Waals surface area contributed by atoms with Gasteiger partial charge in [-0.05, 0) is 34.1 Å². The van der Waals surface area contributed by atoms with Crippen molar-refractivity contribution < 1.29 is 14.6 Å². The molecule has 7 nitrogen and oxygen atoms in total. The fourth-order valence-corrected chi connectivity index (χ4v) is 1.98. The standard InChI is InChI=1S/C13H11BrN2O5/c14-10-7-16(13(20)15-11(10)17)4-5-21-9-3-1-2-8(6-9)12(18)19/h1-3,6-7H,4-5H2,(H,18,19)(H,15,17,20). The normalized spacial score (nSPS) is 10.3. The lowest BCUT2D eigenvalue weighted by atomic mass is 10.2. The number of hydrogen-bond acceptors (Lipinski definition) is 4. The van der Waals surface area contributed by atoms with Crippen LogP contribution in [0.1, 0.15) is 10.4 Å². The van der Waals surface area contributed by atoms with E-state index in [-0.39, 0.29) is 23.2 Å². The van der Waals surface area contributed by atoms with Crippen molar-refractivity contribution >= 4 is 21.9 Å². The summed E-state index contributed by atoms with van der Waals surface area (Å²) >= 11 is 3.03. The number of benzene rings is 1. The number of hydrogen-bond donors (Lipinski definition) is 2. The first-order chi connectivity index (χ1) is 9.97. The summed E-state index contributed by atoms with van der Waals surface area (Å²) in [7, 11) is 0. The first-order valence-corrected chi connectivity index (χ1v) is 6.72. The summed E-state index contributed by atoms with van der Waals surface area (Å²) < 4.78 is 6.93. The molecule has 0 unspecified atom stereocenters. The van der Waals surface area contributed by atoms with Gasteiger partial charge in [0.2, 0.25) is 0 Å². The van der Waals surface area contributed by atoms with Crippen LogP contribution < -0.4 is 16.0 Å². The van der Waals surface area contributed by atoms with Crippen LogP contribution in [0, 0.1) is 0 Å². The van der Waals surface area contributed by atoms with Crippen molar-refractivity contribution in [1.82, 2.24) is 9.55 Å². The Hall–Kier alpha value is -2.35. The minimum atomic E-state index is -1.04. The Labute approximate surface area is 126 Å². The highest BCUT2D eigenvalue weighted by molar-refractivity contribution is 9.10. The number of carbonyl (C=O) groups is 1. The summed E-state index contributed by atoms with van der Waals surface area (Å²) in [4.78, 5) is 35.7. The van der Waals surface area contributed by atoms with Crippen molar-refractivity contribution in [3.63, 3.8) is 0 Å². The minimum Gasteiger partial charge on any atom is -0.492 e. The van der Waals surface area contributed by atoms with E-state index in [2.05, 4.69) is 20.9 Å². The zero-order valence-corrected chi connectivity index (χ0v) is 12.3. The van der Waals surface area contributed by atoms with Gasteiger partial charge in [0.15, 0.2) is 0 Å². The van der Waals surface area contributed by atoms with Gasteiger partial charge in [-0.15, -0.1) is 0 Å². The minimum absolute atomic E-state index is 0.122. The molecule has 0 atom stereocenters. The van der Waals surface area contributed by atoms with Gasteiger partial charge in [0.1, 0.15) is 12.4 Å². The van der Waals surface area contributed by atoms with Crippen LogP contribution in [-0.4, -0.2) is 27.2 Å². The van der Waals surface area contributed by atoms with Gasteiger partial charge in [0.05, 0.1) is 16.6 Å². The third-order valence-corrected chi connectivity index (χ3v) is 3.21. The Bertz CT molecular complexity index is 781. The second kappa shape index (κ2) is 6.40. The average molecular weight is 355 g/mol. The summed E-state index contributed by atoms with van der Waals surface area (Å²) in [6.45, 7) is 0.368. The quantitative estimate of drug-likeness (QED) is 0.836. The number of aromatic nitrogens is 2. The van der Waals surface area contributed by atoms with Crippen LogP contribution in [0.2, 0.25) is 0 Å². The molecule has 8 heteroatoms. The molecular formula is C13H11BrN2O5. The Morgan fingerprint density at radius 2 is 2.14 bits per heavy atom. The van der Waals surface area contributed by atoms with E-state index in [9.17, 15) is 14.4 Å². The molecule has 0 aliphatic heterocycles. The van der Waals surface area contributed by atoms with Crippen molar-refractivity contribution in [3.05, 3.63) is 61.3 Å². The zero-order valence-electron chi connectivity index (χ0n) is 10.7. The average Bonchev–Trinajstić information content (AvgIpc) is 2.44. The number of H-pyrrole nitrogens is 1. The third-order valence-electron chi connectivity index (χ3n) is 2.65. The lowest BCUT2D eigenvalue weighted by molar-refractivity contribution is 0.0696. The number of carboxylic acid groups (broad SMARTS) is 1. The number of nitrogens with one attached hydrogen (secondary N) is 1. The van der Waals surface area contributed by atoms with E-state index in [1.54, 1.807) is 12.1 Å². The molecule has 2 aromatic rings. The highest BCUT2D eigenvalue weighted by Crippen LogP contribution is 2.13. The van der Waals surface area contributed by atoms with Gasteiger partial charge in [0, 0.05) is 6.20 Å². The van der Waals surface area contributed by atoms with Gasteiger partial charge in [-0.1, -0.05) is 6.07 Å². The molecule has 0 aliphatic rings. The van der Waals surface area contributed by atoms with E-state index >= 15 is 0 Å². The Balaban J connectivity index is 2.03. The molecule has 0 fully saturated rings. The van der Waals surface area contributed by atoms with E-state index < -0.39 is 17.2 Å². The van der Waals surface area contributed by atoms with E-state index in [4.69, 9.17) is 9.84 Å². The van der Waals surface area contributed by atoms with Gasteiger partial charge in [-0.25, -0.2) is 9.59 Å². The second-order valence-electron chi connectivity index (χ2n) is 4.11. The smallest absolute Gasteiger partial charge is 0.335 e. The van der Waals surface area contributed by atoms with Crippen molar-refractivity contribution in [2.24, 2.45) is 0 Å². The lowest BCUT2D eigenvalue weighted by Crippen LogP contribution is -2.31. The van der Waals surface area contributed by atoms with Crippen LogP contribution in [0.15, 0.2) is 44.5 Å². The van der Waals surface area contributed by atoms with E-state index in [0.717, 1.165) is 0 Å². The maximum absolute atomic E-state index is 11.5. The summed E-state index contributed by atoms with van der Waals surface area (Å²) in [5, 5.41) is 8.87. The number of carboxylic acids is 1. The van der Waals surface area contributed by atoms with Crippen LogP contribution in [0.25, 0.3) is 0 Å². The van der Waals surface area contributed by atoms with Crippen LogP contribution in [-0.2, 0) is 6.54 Å². The lowest BCUT2D eigenvalue weighted by Gasteiger charge is -2.08. The topological polar surface area (TPSA) is 101 Å². The predicted octanol–water partition coefficient (Wildman–Crippen LogP) is 1.08. The maximum Gasteiger partial charge on any atom is 0.335 e. The maximum atomic E-state index is 11.5. The highest BCUT2D eigenvalue weighted by atomic mass is 79.9. The van der Waals surface area contributed by atoms with Crippen molar-refractivity contribution in [1.29, 1.82) is 0 Å². The number of halogens is 1. The highest BCUT2D eigenvalue weighted by Gasteiger charge is 2.05. The molecule has 0 aliphatic carbocycles. The van der Waals surface area contributed by atoms with Crippen LogP contribution in [0.4, 0.5) is 0 Å². The van der Waals surface area contributed by atoms with Gasteiger partial charge < -0.3 is 9.84 Å². The number of aromatic amines is 1. The van der Waals surface area contributed by atoms with Crippen LogP contribution in [0.5, 0.6) is 5.75 Å². The van der Waals surface area contributed by atoms with Gasteiger partial charge in [0.25, 0.3) is 5.56 Å². The second-order valence-corrected chi connectivity index (χ2v) is 4.97. The monoisotopic (exact) mass is 354 g/mol. The Morgan fingerprint density at radius 1 is 1.38 bits per heavy atom. The molecule has 0 spiro atoms. The fraction of sp³-hybridized carbons (Fsp3) is 0.154. The predicted molar refractivity (Wildman–Crippen MR) is 77.9 cm³/mol. The van der Waals surface area contributed by atoms with Crippen molar-refractivity contribution in [2.45, 2.75) is 6.54 Å². The first-order valence-electron chi connectivity index (χ1n) is 5.93. The molecule has 0 bridgehead atoms. The molecule has 0 saturated heterocycles. The van der Waals surface area contributed by atoms with Crippen molar-refractivity contribution in [2.75, 3.05) is 6.61 Å². The molecule has 2 rings (SSSR count). The van der Waals surface area contributed by atoms with Crippen LogP contribution in [0.3, 0.4) is 0 Å². The van der Waals surface area contributed by atoms with E-state index in [0.29, 0.717) is 5.75 Å². The number of ether oxygens (including phenoxy) is 1. The number of nitrogens with zero attached hydrogens (tertiary/aromatic N) is 1. The molecule has 1 aromatic heterocycles. The SMILES string of the molecule is O=C(O)c1cccc(OCCn2cc(Br)c(=O)[nH]c2=O)c1. The van der Waals surface area contributed by atoms with Crippen LogP contribution >= 0.6 is 15.9 Å². The van der Waals surface area contributed by atoms with Gasteiger partial charge in [-0.3, -0.25) is 14.3 Å². The summed E-state index contributed by atoms with van der Waals surface area (Å²) in [5.74, 6) is -0.646. The summed E-state index contributed by atoms with van der Waals surface area (Å²) in [6.07, 6.45) is 1.37. The molecule has 0 amide bonds. The summed E-state index contributed by atoms with van der Waals surface area (Å²) in [5.41, 5.74) is -0.908. The molecule has 21 heavy (non-hydrogen) atoms. The molecule has 0 radical (unpaired) electrons. The number of rotatable bonds is 5. The molecule has 1 aromatic carbocycles. The number of aromatic carboxylic acids is 1. The Kier molecular flexibility index (Phi) is 4.59. The first kappa shape index (κ1) is 15.0. The largest absolute Gasteiger partial charge is 0.492 e. The van der Waals surface area contributed by atoms with Gasteiger partial charge in [-0.2, -0.15) is 0 Å². The third kappa shape index (κ3) is 3.82.